The number of carbonyl (C=O) groups is 1. The molecule has 0 radical (unpaired) electrons. The quantitative estimate of drug-likeness (QED) is 0.472. The normalized spacial score (nSPS) is 14.6. The molecule has 3 aromatic rings. The van der Waals surface area contributed by atoms with Gasteiger partial charge in [0.25, 0.3) is 0 Å². The van der Waals surface area contributed by atoms with Gasteiger partial charge in [0.15, 0.2) is 11.5 Å². The van der Waals surface area contributed by atoms with Crippen LogP contribution in [0.4, 0.5) is 0 Å². The Morgan fingerprint density at radius 1 is 1.06 bits per heavy atom. The van der Waals surface area contributed by atoms with Crippen molar-refractivity contribution in [3.8, 4) is 23.0 Å². The Morgan fingerprint density at radius 2 is 1.79 bits per heavy atom. The van der Waals surface area contributed by atoms with Crippen molar-refractivity contribution in [3.63, 3.8) is 0 Å². The largest absolute Gasteiger partial charge is 0.502 e. The molecule has 0 fully saturated rings. The Bertz CT molecular complexity index is 1190. The summed E-state index contributed by atoms with van der Waals surface area (Å²) in [6.45, 7) is 2.42. The zero-order valence-electron chi connectivity index (χ0n) is 19.8. The lowest BCUT2D eigenvalue weighted by molar-refractivity contribution is -0.121. The summed E-state index contributed by atoms with van der Waals surface area (Å²) in [5, 5.41) is 13.2. The van der Waals surface area contributed by atoms with E-state index in [1.807, 2.05) is 36.4 Å². The number of hydrogen-bond acceptors (Lipinski definition) is 6. The lowest BCUT2D eigenvalue weighted by Crippen LogP contribution is -2.24. The van der Waals surface area contributed by atoms with Crippen molar-refractivity contribution in [1.29, 1.82) is 0 Å². The molecule has 4 rings (SSSR count). The molecule has 0 saturated heterocycles. The van der Waals surface area contributed by atoms with Gasteiger partial charge in [0.1, 0.15) is 11.5 Å². The van der Waals surface area contributed by atoms with Gasteiger partial charge < -0.3 is 29.1 Å². The van der Waals surface area contributed by atoms with Crippen LogP contribution in [0.15, 0.2) is 58.7 Å². The maximum atomic E-state index is 12.8. The van der Waals surface area contributed by atoms with Crippen LogP contribution < -0.4 is 19.5 Å². The van der Waals surface area contributed by atoms with E-state index in [4.69, 9.17) is 18.6 Å². The predicted octanol–water partition coefficient (Wildman–Crippen LogP) is 4.83. The van der Waals surface area contributed by atoms with Gasteiger partial charge in [0.05, 0.1) is 34.1 Å². The number of fused-ring (bicyclic) bond motifs is 1. The molecule has 178 valence electrons. The van der Waals surface area contributed by atoms with E-state index in [-0.39, 0.29) is 17.6 Å². The number of ether oxygens (including phenoxy) is 3. The van der Waals surface area contributed by atoms with Crippen LogP contribution in [0.25, 0.3) is 5.57 Å². The molecule has 1 amide bonds. The van der Waals surface area contributed by atoms with E-state index in [1.54, 1.807) is 19.4 Å². The fourth-order valence-corrected chi connectivity index (χ4v) is 4.49. The Morgan fingerprint density at radius 3 is 2.41 bits per heavy atom. The van der Waals surface area contributed by atoms with E-state index >= 15 is 0 Å². The van der Waals surface area contributed by atoms with E-state index in [1.165, 1.54) is 14.2 Å². The molecule has 1 aromatic heterocycles. The number of nitrogens with one attached hydrogen (secondary N) is 1. The number of furan rings is 1. The molecule has 1 atom stereocenters. The monoisotopic (exact) mass is 463 g/mol. The third kappa shape index (κ3) is 4.59. The molecule has 7 nitrogen and oxygen atoms in total. The first-order chi connectivity index (χ1) is 16.4. The van der Waals surface area contributed by atoms with Crippen LogP contribution in [0.1, 0.15) is 41.7 Å². The fourth-order valence-electron chi connectivity index (χ4n) is 4.49. The number of rotatable bonds is 9. The fraction of sp³-hybridized carbons (Fsp3) is 0.296. The van der Waals surface area contributed by atoms with E-state index in [0.29, 0.717) is 36.6 Å². The van der Waals surface area contributed by atoms with Gasteiger partial charge in [-0.15, -0.1) is 0 Å². The summed E-state index contributed by atoms with van der Waals surface area (Å²) < 4.78 is 21.4. The maximum absolute atomic E-state index is 12.8. The van der Waals surface area contributed by atoms with Crippen molar-refractivity contribution >= 4 is 11.5 Å². The number of methoxy groups -OCH3 is 3. The topological polar surface area (TPSA) is 90.2 Å². The Labute approximate surface area is 199 Å². The molecule has 7 heteroatoms. The highest BCUT2D eigenvalue weighted by molar-refractivity contribution is 5.84. The van der Waals surface area contributed by atoms with E-state index < -0.39 is 0 Å². The summed E-state index contributed by atoms with van der Waals surface area (Å²) in [7, 11) is 4.66. The molecular formula is C27H29NO6. The van der Waals surface area contributed by atoms with Crippen LogP contribution >= 0.6 is 0 Å². The molecule has 0 aliphatic heterocycles. The predicted molar refractivity (Wildman–Crippen MR) is 128 cm³/mol. The number of allylic oxidation sites excluding steroid dienone is 2. The maximum Gasteiger partial charge on any atom is 0.221 e. The lowest BCUT2D eigenvalue weighted by Gasteiger charge is -2.15. The van der Waals surface area contributed by atoms with Crippen molar-refractivity contribution in [1.82, 2.24) is 5.32 Å². The highest BCUT2D eigenvalue weighted by Gasteiger charge is 2.31. The molecule has 2 N–H and O–H groups in total. The zero-order valence-corrected chi connectivity index (χ0v) is 19.8. The molecule has 1 aliphatic rings. The minimum absolute atomic E-state index is 0.0258. The van der Waals surface area contributed by atoms with E-state index in [9.17, 15) is 9.90 Å². The van der Waals surface area contributed by atoms with Crippen molar-refractivity contribution in [2.75, 3.05) is 21.3 Å². The van der Waals surface area contributed by atoms with Crippen LogP contribution in [0, 0.1) is 0 Å². The van der Waals surface area contributed by atoms with E-state index in [2.05, 4.69) is 12.2 Å². The van der Waals surface area contributed by atoms with Gasteiger partial charge in [0, 0.05) is 12.3 Å². The average molecular weight is 464 g/mol. The molecule has 0 saturated carbocycles. The van der Waals surface area contributed by atoms with Gasteiger partial charge in [-0.1, -0.05) is 11.6 Å². The Hall–Kier alpha value is -3.87. The third-order valence-corrected chi connectivity index (χ3v) is 6.31. The minimum atomic E-state index is -0.0717. The third-order valence-electron chi connectivity index (χ3n) is 6.31. The van der Waals surface area contributed by atoms with Crippen LogP contribution in [0.3, 0.4) is 0 Å². The zero-order chi connectivity index (χ0) is 24.2. The van der Waals surface area contributed by atoms with Crippen molar-refractivity contribution in [3.05, 3.63) is 76.8 Å². The van der Waals surface area contributed by atoms with Gasteiger partial charge in [-0.25, -0.2) is 0 Å². The number of carbonyl (C=O) groups excluding carboxylic acids is 1. The van der Waals surface area contributed by atoms with Gasteiger partial charge in [-0.05, 0) is 72.0 Å². The highest BCUT2D eigenvalue weighted by Crippen LogP contribution is 2.47. The van der Waals surface area contributed by atoms with Gasteiger partial charge in [-0.3, -0.25) is 4.79 Å². The van der Waals surface area contributed by atoms with Gasteiger partial charge in [-0.2, -0.15) is 0 Å². The smallest absolute Gasteiger partial charge is 0.221 e. The first-order valence-electron chi connectivity index (χ1n) is 11.1. The van der Waals surface area contributed by atoms with Gasteiger partial charge >= 0.3 is 0 Å². The second-order valence-electron chi connectivity index (χ2n) is 8.25. The first-order valence-corrected chi connectivity index (χ1v) is 11.1. The number of aromatic hydroxyl groups is 1. The molecule has 1 aliphatic carbocycles. The summed E-state index contributed by atoms with van der Waals surface area (Å²) in [5.74, 6) is 2.03. The SMILES string of the molecule is COc1ccc2c(c1)C(CC(=O)NCc1ccco1)C(C)=C2Cc1cc(OC)c(O)c(OC)c1. The summed E-state index contributed by atoms with van der Waals surface area (Å²) in [5.41, 5.74) is 5.36. The molecular weight excluding hydrogens is 434 g/mol. The Kier molecular flexibility index (Phi) is 6.82. The summed E-state index contributed by atoms with van der Waals surface area (Å²) >= 11 is 0. The van der Waals surface area contributed by atoms with Gasteiger partial charge in [0.2, 0.25) is 11.7 Å². The van der Waals surface area contributed by atoms with Crippen molar-refractivity contribution in [2.24, 2.45) is 0 Å². The van der Waals surface area contributed by atoms with Crippen molar-refractivity contribution < 1.29 is 28.5 Å². The van der Waals surface area contributed by atoms with Crippen LogP contribution in [0.5, 0.6) is 23.0 Å². The second-order valence-corrected chi connectivity index (χ2v) is 8.25. The van der Waals surface area contributed by atoms with Crippen LogP contribution in [0.2, 0.25) is 0 Å². The molecule has 1 heterocycles. The molecule has 0 bridgehead atoms. The second kappa shape index (κ2) is 9.95. The van der Waals surface area contributed by atoms with E-state index in [0.717, 1.165) is 33.6 Å². The Balaban J connectivity index is 1.64. The van der Waals surface area contributed by atoms with Crippen LogP contribution in [-0.2, 0) is 17.8 Å². The summed E-state index contributed by atoms with van der Waals surface area (Å²) in [6.07, 6.45) is 2.51. The minimum Gasteiger partial charge on any atom is -0.502 e. The summed E-state index contributed by atoms with van der Waals surface area (Å²) in [4.78, 5) is 12.8. The molecule has 1 unspecified atom stereocenters. The number of phenolic OH excluding ortho intramolecular Hbond substituents is 1. The van der Waals surface area contributed by atoms with Crippen LogP contribution in [-0.4, -0.2) is 32.3 Å². The standard InChI is InChI=1S/C27H29NO6/c1-16-21(10-17-11-24(32-3)27(30)25(12-17)33-4)20-8-7-18(31-2)13-23(20)22(16)14-26(29)28-15-19-6-5-9-34-19/h5-9,11-13,22,30H,10,14-15H2,1-4H3,(H,28,29). The van der Waals surface area contributed by atoms with Crippen molar-refractivity contribution in [2.45, 2.75) is 32.2 Å². The number of benzene rings is 2. The number of phenols is 1. The average Bonchev–Trinajstić information content (AvgIpc) is 3.46. The number of amides is 1. The summed E-state index contributed by atoms with van der Waals surface area (Å²) in [6, 6.07) is 13.2. The first kappa shape index (κ1) is 23.3. The molecule has 34 heavy (non-hydrogen) atoms. The number of hydrogen-bond donors (Lipinski definition) is 2. The lowest BCUT2D eigenvalue weighted by atomic mass is 9.92. The highest BCUT2D eigenvalue weighted by atomic mass is 16.5. The molecule has 0 spiro atoms. The molecule has 2 aromatic carbocycles.